The summed E-state index contributed by atoms with van der Waals surface area (Å²) in [7, 11) is 2.04. The summed E-state index contributed by atoms with van der Waals surface area (Å²) < 4.78 is 5.36. The van der Waals surface area contributed by atoms with Gasteiger partial charge in [-0.25, -0.2) is 9.79 Å². The molecular weight excluding hydrogens is 429 g/mol. The first kappa shape index (κ1) is 25.2. The van der Waals surface area contributed by atoms with Crippen LogP contribution in [0.2, 0.25) is 0 Å². The monoisotopic (exact) mass is 453 g/mol. The van der Waals surface area contributed by atoms with Crippen LogP contribution in [0, 0.1) is 0 Å². The van der Waals surface area contributed by atoms with Gasteiger partial charge in [0.2, 0.25) is 0 Å². The number of halogens is 2. The van der Waals surface area contributed by atoms with Crippen molar-refractivity contribution < 1.29 is 14.3 Å². The average molecular weight is 454 g/mol. The molecule has 1 aliphatic heterocycles. The number of piperazine rings is 1. The van der Waals surface area contributed by atoms with Crippen molar-refractivity contribution in [3.8, 4) is 5.75 Å². The van der Waals surface area contributed by atoms with Gasteiger partial charge in [0, 0.05) is 31.7 Å². The van der Waals surface area contributed by atoms with E-state index < -0.39 is 5.97 Å². The largest absolute Gasteiger partial charge is 0.423 e. The maximum atomic E-state index is 12.5. The summed E-state index contributed by atoms with van der Waals surface area (Å²) in [6, 6.07) is 13.0. The Morgan fingerprint density at radius 1 is 0.867 bits per heavy atom. The molecule has 3 rings (SSSR count). The molecule has 1 heterocycles. The summed E-state index contributed by atoms with van der Waals surface area (Å²) in [5.41, 5.74) is 12.1. The van der Waals surface area contributed by atoms with Crippen LogP contribution in [0.3, 0.4) is 0 Å². The molecule has 10 heteroatoms. The Morgan fingerprint density at radius 2 is 1.40 bits per heavy atom. The predicted octanol–water partition coefficient (Wildman–Crippen LogP) is 2.04. The Labute approximate surface area is 187 Å². The standard InChI is InChI=1S/C20H23N5O3.2ClH/c1-24-10-12-25(13-11-24)18(26)14-4-8-17(9-5-14)28-19(27)15-2-6-16(7-3-15)23-20(21)22;;/h2-9H,10-13H2,1H3,(H4,21,22,23);2*1H. The summed E-state index contributed by atoms with van der Waals surface area (Å²) in [6.45, 7) is 3.15. The summed E-state index contributed by atoms with van der Waals surface area (Å²) in [5, 5.41) is 0. The number of nitrogens with zero attached hydrogens (tertiary/aromatic N) is 3. The molecule has 30 heavy (non-hydrogen) atoms. The molecule has 0 unspecified atom stereocenters. The van der Waals surface area contributed by atoms with Crippen LogP contribution in [-0.2, 0) is 0 Å². The lowest BCUT2D eigenvalue weighted by Crippen LogP contribution is -2.47. The lowest BCUT2D eigenvalue weighted by atomic mass is 10.1. The number of benzene rings is 2. The minimum absolute atomic E-state index is 0. The minimum Gasteiger partial charge on any atom is -0.423 e. The zero-order chi connectivity index (χ0) is 20.1. The molecule has 1 fully saturated rings. The molecule has 0 atom stereocenters. The number of hydrogen-bond donors (Lipinski definition) is 2. The summed E-state index contributed by atoms with van der Waals surface area (Å²) in [6.07, 6.45) is 0. The maximum absolute atomic E-state index is 12.5. The normalized spacial score (nSPS) is 13.4. The lowest BCUT2D eigenvalue weighted by molar-refractivity contribution is 0.0664. The van der Waals surface area contributed by atoms with Gasteiger partial charge in [0.1, 0.15) is 5.75 Å². The molecule has 1 aliphatic rings. The van der Waals surface area contributed by atoms with Gasteiger partial charge in [-0.3, -0.25) is 4.79 Å². The maximum Gasteiger partial charge on any atom is 0.343 e. The zero-order valence-corrected chi connectivity index (χ0v) is 18.1. The molecule has 162 valence electrons. The molecule has 4 N–H and O–H groups in total. The highest BCUT2D eigenvalue weighted by molar-refractivity contribution is 5.95. The van der Waals surface area contributed by atoms with Crippen molar-refractivity contribution in [2.45, 2.75) is 0 Å². The Balaban J connectivity index is 0.00000225. The lowest BCUT2D eigenvalue weighted by Gasteiger charge is -2.32. The van der Waals surface area contributed by atoms with Gasteiger partial charge in [-0.15, -0.1) is 24.8 Å². The fourth-order valence-electron chi connectivity index (χ4n) is 2.84. The van der Waals surface area contributed by atoms with E-state index >= 15 is 0 Å². The van der Waals surface area contributed by atoms with Crippen molar-refractivity contribution in [3.05, 3.63) is 59.7 Å². The zero-order valence-electron chi connectivity index (χ0n) is 16.5. The molecule has 2 aromatic carbocycles. The van der Waals surface area contributed by atoms with Gasteiger partial charge < -0.3 is 26.0 Å². The molecule has 1 saturated heterocycles. The van der Waals surface area contributed by atoms with E-state index in [-0.39, 0.29) is 36.7 Å². The third-order valence-corrected chi connectivity index (χ3v) is 4.46. The van der Waals surface area contributed by atoms with Gasteiger partial charge in [0.15, 0.2) is 5.96 Å². The summed E-state index contributed by atoms with van der Waals surface area (Å²) in [5.74, 6) is -0.203. The van der Waals surface area contributed by atoms with Crippen molar-refractivity contribution in [2.75, 3.05) is 33.2 Å². The molecule has 0 spiro atoms. The van der Waals surface area contributed by atoms with E-state index in [9.17, 15) is 9.59 Å². The van der Waals surface area contributed by atoms with Crippen molar-refractivity contribution in [2.24, 2.45) is 16.5 Å². The number of nitrogens with two attached hydrogens (primary N) is 2. The Kier molecular flexibility index (Phi) is 9.58. The van der Waals surface area contributed by atoms with Crippen LogP contribution in [0.1, 0.15) is 20.7 Å². The average Bonchev–Trinajstić information content (AvgIpc) is 2.69. The van der Waals surface area contributed by atoms with E-state index in [1.165, 1.54) is 0 Å². The van der Waals surface area contributed by atoms with E-state index in [0.717, 1.165) is 13.1 Å². The van der Waals surface area contributed by atoms with Crippen LogP contribution >= 0.6 is 24.8 Å². The van der Waals surface area contributed by atoms with Gasteiger partial charge in [0.05, 0.1) is 11.3 Å². The van der Waals surface area contributed by atoms with E-state index in [1.54, 1.807) is 48.5 Å². The highest BCUT2D eigenvalue weighted by Crippen LogP contribution is 2.18. The third kappa shape index (κ3) is 6.62. The summed E-state index contributed by atoms with van der Waals surface area (Å²) in [4.78, 5) is 32.7. The molecule has 2 aromatic rings. The summed E-state index contributed by atoms with van der Waals surface area (Å²) >= 11 is 0. The number of amides is 1. The second kappa shape index (κ2) is 11.4. The molecule has 0 aromatic heterocycles. The quantitative estimate of drug-likeness (QED) is 0.316. The number of ether oxygens (including phenoxy) is 1. The number of aliphatic imine (C=N–C) groups is 1. The minimum atomic E-state index is -0.505. The number of carbonyl (C=O) groups is 2. The third-order valence-electron chi connectivity index (χ3n) is 4.46. The van der Waals surface area contributed by atoms with Crippen LogP contribution < -0.4 is 16.2 Å². The Bertz CT molecular complexity index is 876. The number of esters is 1. The highest BCUT2D eigenvalue weighted by Gasteiger charge is 2.20. The fraction of sp³-hybridized carbons (Fsp3) is 0.250. The van der Waals surface area contributed by atoms with Crippen molar-refractivity contribution >= 4 is 48.3 Å². The van der Waals surface area contributed by atoms with Crippen molar-refractivity contribution in [1.29, 1.82) is 0 Å². The van der Waals surface area contributed by atoms with E-state index in [0.29, 0.717) is 35.7 Å². The second-order valence-corrected chi connectivity index (χ2v) is 6.59. The first-order valence-electron chi connectivity index (χ1n) is 8.92. The number of likely N-dealkylation sites (N-methyl/N-ethyl adjacent to an activating group) is 1. The number of guanidine groups is 1. The fourth-order valence-corrected chi connectivity index (χ4v) is 2.84. The molecule has 0 radical (unpaired) electrons. The second-order valence-electron chi connectivity index (χ2n) is 6.59. The predicted molar refractivity (Wildman–Crippen MR) is 121 cm³/mol. The van der Waals surface area contributed by atoms with Crippen LogP contribution in [0.5, 0.6) is 5.75 Å². The Morgan fingerprint density at radius 3 is 1.93 bits per heavy atom. The van der Waals surface area contributed by atoms with Crippen LogP contribution in [-0.4, -0.2) is 60.9 Å². The van der Waals surface area contributed by atoms with Crippen LogP contribution in [0.4, 0.5) is 5.69 Å². The first-order chi connectivity index (χ1) is 13.4. The van der Waals surface area contributed by atoms with E-state index in [2.05, 4.69) is 9.89 Å². The van der Waals surface area contributed by atoms with Gasteiger partial charge in [0.25, 0.3) is 5.91 Å². The van der Waals surface area contributed by atoms with Gasteiger partial charge in [-0.2, -0.15) is 0 Å². The molecule has 1 amide bonds. The van der Waals surface area contributed by atoms with Crippen LogP contribution in [0.25, 0.3) is 0 Å². The molecular formula is C20H25Cl2N5O3. The first-order valence-corrected chi connectivity index (χ1v) is 8.92. The number of hydrogen-bond acceptors (Lipinski definition) is 5. The van der Waals surface area contributed by atoms with Gasteiger partial charge in [-0.1, -0.05) is 0 Å². The highest BCUT2D eigenvalue weighted by atomic mass is 35.5. The molecule has 0 aliphatic carbocycles. The number of carbonyl (C=O) groups excluding carboxylic acids is 2. The Hall–Kier alpha value is -2.81. The van der Waals surface area contributed by atoms with E-state index in [4.69, 9.17) is 16.2 Å². The van der Waals surface area contributed by atoms with Gasteiger partial charge in [-0.05, 0) is 55.6 Å². The molecule has 0 saturated carbocycles. The number of rotatable bonds is 4. The molecule has 8 nitrogen and oxygen atoms in total. The van der Waals surface area contributed by atoms with E-state index in [1.807, 2.05) is 11.9 Å². The topological polar surface area (TPSA) is 114 Å². The smallest absolute Gasteiger partial charge is 0.343 e. The van der Waals surface area contributed by atoms with Crippen LogP contribution in [0.15, 0.2) is 53.5 Å². The van der Waals surface area contributed by atoms with Gasteiger partial charge >= 0.3 is 5.97 Å². The molecule has 0 bridgehead atoms. The SMILES string of the molecule is CN1CCN(C(=O)c2ccc(OC(=O)c3ccc(N=C(N)N)cc3)cc2)CC1.Cl.Cl. The van der Waals surface area contributed by atoms with Crippen molar-refractivity contribution in [3.63, 3.8) is 0 Å². The van der Waals surface area contributed by atoms with Crippen molar-refractivity contribution in [1.82, 2.24) is 9.80 Å².